The lowest BCUT2D eigenvalue weighted by atomic mass is 10.0. The molecule has 0 aliphatic heterocycles. The van der Waals surface area contributed by atoms with Crippen LogP contribution in [0.1, 0.15) is 239 Å². The molecule has 0 atom stereocenters. The number of carbonyl (C=O) groups excluding carboxylic acids is 2. The minimum Gasteiger partial charge on any atom is -0.466 e. The Kier molecular flexibility index (Phi) is 41.2. The van der Waals surface area contributed by atoms with E-state index in [-0.39, 0.29) is 18.0 Å². The van der Waals surface area contributed by atoms with Crippen molar-refractivity contribution in [3.63, 3.8) is 0 Å². The molecule has 0 aromatic rings. The third-order valence-electron chi connectivity index (χ3n) is 11.5. The number of carbonyl (C=O) groups is 2. The molecule has 0 aliphatic carbocycles. The van der Waals surface area contributed by atoms with E-state index < -0.39 is 9.84 Å². The van der Waals surface area contributed by atoms with Crippen molar-refractivity contribution in [3.8, 4) is 0 Å². The van der Waals surface area contributed by atoms with E-state index in [0.717, 1.165) is 116 Å². The summed E-state index contributed by atoms with van der Waals surface area (Å²) >= 11 is 0. The summed E-state index contributed by atoms with van der Waals surface area (Å²) in [5.74, 6) is 0.566. The van der Waals surface area contributed by atoms with Gasteiger partial charge in [0, 0.05) is 39.7 Å². The number of nitrogens with one attached hydrogen (secondary N) is 1. The van der Waals surface area contributed by atoms with Crippen LogP contribution < -0.4 is 5.32 Å². The zero-order valence-corrected chi connectivity index (χ0v) is 41.3. The van der Waals surface area contributed by atoms with Gasteiger partial charge in [0.15, 0.2) is 9.84 Å². The zero-order valence-electron chi connectivity index (χ0n) is 40.5. The molecule has 60 heavy (non-hydrogen) atoms. The molecular formula is C50H99N3O6S. The van der Waals surface area contributed by atoms with Gasteiger partial charge >= 0.3 is 11.9 Å². The molecule has 0 aromatic heterocycles. The van der Waals surface area contributed by atoms with E-state index in [1.54, 1.807) is 4.90 Å². The third-order valence-corrected chi connectivity index (χ3v) is 12.2. The van der Waals surface area contributed by atoms with Crippen molar-refractivity contribution in [2.45, 2.75) is 245 Å². The van der Waals surface area contributed by atoms with E-state index in [9.17, 15) is 18.0 Å². The third kappa shape index (κ3) is 41.5. The van der Waals surface area contributed by atoms with Gasteiger partial charge in [-0.15, -0.1) is 0 Å². The smallest absolute Gasteiger partial charge is 0.306 e. The summed E-state index contributed by atoms with van der Waals surface area (Å²) in [6.45, 7) is 11.1. The lowest BCUT2D eigenvalue weighted by molar-refractivity contribution is -0.150. The number of sulfone groups is 1. The Morgan fingerprint density at radius 2 is 0.933 bits per heavy atom. The van der Waals surface area contributed by atoms with Crippen LogP contribution in [-0.4, -0.2) is 89.4 Å². The van der Waals surface area contributed by atoms with Gasteiger partial charge in [0.1, 0.15) is 11.9 Å². The topological polar surface area (TPSA) is 105 Å². The first-order valence-corrected chi connectivity index (χ1v) is 27.4. The lowest BCUT2D eigenvalue weighted by Gasteiger charge is -2.24. The van der Waals surface area contributed by atoms with Crippen molar-refractivity contribution in [1.82, 2.24) is 15.1 Å². The Balaban J connectivity index is 4.62. The monoisotopic (exact) mass is 870 g/mol. The highest BCUT2D eigenvalue weighted by atomic mass is 32.2. The van der Waals surface area contributed by atoms with Crippen LogP contribution in [0, 0.1) is 0 Å². The van der Waals surface area contributed by atoms with Gasteiger partial charge in [0.2, 0.25) is 0 Å². The summed E-state index contributed by atoms with van der Waals surface area (Å²) < 4.78 is 35.2. The first-order valence-electron chi connectivity index (χ1n) is 25.4. The molecule has 356 valence electrons. The maximum Gasteiger partial charge on any atom is 0.306 e. The van der Waals surface area contributed by atoms with Crippen LogP contribution >= 0.6 is 0 Å². The highest BCUT2D eigenvalue weighted by molar-refractivity contribution is 7.93. The Labute approximate surface area is 372 Å². The van der Waals surface area contributed by atoms with Crippen molar-refractivity contribution in [3.05, 3.63) is 11.2 Å². The largest absolute Gasteiger partial charge is 0.466 e. The van der Waals surface area contributed by atoms with Crippen LogP contribution in [0.25, 0.3) is 0 Å². The maximum atomic E-state index is 12.9. The summed E-state index contributed by atoms with van der Waals surface area (Å²) in [7, 11) is 0.471. The average Bonchev–Trinajstić information content (AvgIpc) is 3.20. The van der Waals surface area contributed by atoms with Crippen LogP contribution in [0.4, 0.5) is 0 Å². The summed E-state index contributed by atoms with van der Waals surface area (Å²) in [4.78, 5) is 29.4. The molecule has 0 saturated heterocycles. The quantitative estimate of drug-likeness (QED) is 0.0473. The van der Waals surface area contributed by atoms with Gasteiger partial charge in [-0.2, -0.15) is 0 Å². The molecule has 0 spiro atoms. The fraction of sp³-hybridized carbons (Fsp3) is 0.920. The van der Waals surface area contributed by atoms with Gasteiger partial charge in [-0.3, -0.25) is 9.59 Å². The molecular weight excluding hydrogens is 771 g/mol. The minimum atomic E-state index is -3.23. The molecule has 0 fully saturated rings. The second-order valence-corrected chi connectivity index (χ2v) is 19.8. The van der Waals surface area contributed by atoms with E-state index in [4.69, 9.17) is 9.47 Å². The van der Waals surface area contributed by atoms with Gasteiger partial charge in [0.05, 0.1) is 12.0 Å². The standard InChI is InChI=1S/C50H99N3O6S/c1-7-10-13-16-19-28-35-45-58-49(54)39-31-24-20-26-33-42-53(44-36-41-51-48(52(4)5)46-60(6,56)57)43-34-27-21-25-32-40-50(55)59-47(37-29-22-17-14-11-8-2)38-30-23-18-15-12-9-3/h46-47,51H,7-45H2,1-6H3/b48-46-. The summed E-state index contributed by atoms with van der Waals surface area (Å²) in [6, 6.07) is 0. The van der Waals surface area contributed by atoms with Crippen molar-refractivity contribution in [1.29, 1.82) is 0 Å². The van der Waals surface area contributed by atoms with Crippen LogP contribution in [0.3, 0.4) is 0 Å². The van der Waals surface area contributed by atoms with E-state index >= 15 is 0 Å². The Bertz CT molecular complexity index is 1100. The van der Waals surface area contributed by atoms with Gasteiger partial charge in [-0.05, 0) is 83.8 Å². The molecule has 9 nitrogen and oxygen atoms in total. The molecule has 10 heteroatoms. The van der Waals surface area contributed by atoms with Gasteiger partial charge < -0.3 is 24.6 Å². The Morgan fingerprint density at radius 3 is 1.40 bits per heavy atom. The molecule has 0 saturated carbocycles. The Hall–Kier alpha value is -1.81. The van der Waals surface area contributed by atoms with Gasteiger partial charge in [-0.1, -0.05) is 162 Å². The predicted molar refractivity (Wildman–Crippen MR) is 256 cm³/mol. The molecule has 0 heterocycles. The predicted octanol–water partition coefficient (Wildman–Crippen LogP) is 13.1. The van der Waals surface area contributed by atoms with Crippen LogP contribution in [0.2, 0.25) is 0 Å². The van der Waals surface area contributed by atoms with Crippen LogP contribution in [-0.2, 0) is 28.9 Å². The lowest BCUT2D eigenvalue weighted by Crippen LogP contribution is -2.32. The number of hydrogen-bond donors (Lipinski definition) is 1. The number of esters is 2. The van der Waals surface area contributed by atoms with E-state index in [1.165, 1.54) is 121 Å². The molecule has 0 bridgehead atoms. The maximum absolute atomic E-state index is 12.9. The molecule has 0 radical (unpaired) electrons. The van der Waals surface area contributed by atoms with Gasteiger partial charge in [0.25, 0.3) is 0 Å². The van der Waals surface area contributed by atoms with E-state index in [1.807, 2.05) is 14.1 Å². The van der Waals surface area contributed by atoms with Crippen molar-refractivity contribution >= 4 is 21.8 Å². The normalized spacial score (nSPS) is 12.1. The highest BCUT2D eigenvalue weighted by Crippen LogP contribution is 2.19. The first kappa shape index (κ1) is 58.2. The number of unbranched alkanes of at least 4 members (excludes halogenated alkanes) is 24. The van der Waals surface area contributed by atoms with Gasteiger partial charge in [-0.25, -0.2) is 8.42 Å². The first-order chi connectivity index (χ1) is 29.0. The molecule has 0 unspecified atom stereocenters. The Morgan fingerprint density at radius 1 is 0.533 bits per heavy atom. The summed E-state index contributed by atoms with van der Waals surface area (Å²) in [5.41, 5.74) is 0. The second-order valence-electron chi connectivity index (χ2n) is 18.0. The highest BCUT2D eigenvalue weighted by Gasteiger charge is 2.15. The molecule has 0 aliphatic rings. The number of rotatable bonds is 46. The minimum absolute atomic E-state index is 0.000656. The average molecular weight is 870 g/mol. The van der Waals surface area contributed by atoms with E-state index in [0.29, 0.717) is 31.8 Å². The van der Waals surface area contributed by atoms with Crippen molar-refractivity contribution in [2.24, 2.45) is 0 Å². The zero-order chi connectivity index (χ0) is 44.4. The fourth-order valence-corrected chi connectivity index (χ4v) is 8.46. The molecule has 0 amide bonds. The second kappa shape index (κ2) is 42.5. The van der Waals surface area contributed by atoms with E-state index in [2.05, 4.69) is 31.0 Å². The summed E-state index contributed by atoms with van der Waals surface area (Å²) in [5, 5.41) is 4.61. The molecule has 0 aromatic carbocycles. The summed E-state index contributed by atoms with van der Waals surface area (Å²) in [6.07, 6.45) is 39.9. The number of nitrogens with zero attached hydrogens (tertiary/aromatic N) is 2. The van der Waals surface area contributed by atoms with Crippen molar-refractivity contribution in [2.75, 3.05) is 53.1 Å². The van der Waals surface area contributed by atoms with Crippen molar-refractivity contribution < 1.29 is 27.5 Å². The van der Waals surface area contributed by atoms with Crippen LogP contribution in [0.5, 0.6) is 0 Å². The fourth-order valence-electron chi connectivity index (χ4n) is 7.76. The molecule has 1 N–H and O–H groups in total. The number of ether oxygens (including phenoxy) is 2. The number of hydrogen-bond acceptors (Lipinski definition) is 9. The molecule has 0 rings (SSSR count). The SMILES string of the molecule is CCCCCCCCCOC(=O)CCCCCCCN(CCCCCCCC(=O)OC(CCCCCCCC)CCCCCCCC)CCCN/C(=C/S(C)(=O)=O)N(C)C. The van der Waals surface area contributed by atoms with Crippen LogP contribution in [0.15, 0.2) is 11.2 Å².